The first-order chi connectivity index (χ1) is 14.0. The highest BCUT2D eigenvalue weighted by molar-refractivity contribution is 7.19. The first-order valence-electron chi connectivity index (χ1n) is 9.00. The lowest BCUT2D eigenvalue weighted by Crippen LogP contribution is -2.09. The Bertz CT molecular complexity index is 921. The van der Waals surface area contributed by atoms with Gasteiger partial charge in [0.15, 0.2) is 0 Å². The van der Waals surface area contributed by atoms with Crippen molar-refractivity contribution in [3.63, 3.8) is 0 Å². The van der Waals surface area contributed by atoms with E-state index in [-0.39, 0.29) is 6.61 Å². The Labute approximate surface area is 184 Å². The number of nitrogens with one attached hydrogen (secondary N) is 1. The zero-order valence-corrected chi connectivity index (χ0v) is 19.0. The number of aromatic nitrogens is 2. The number of fused-ring (bicyclic) bond motifs is 1. The monoisotopic (exact) mass is 459 g/mol. The van der Waals surface area contributed by atoms with E-state index in [4.69, 9.17) is 44.9 Å². The van der Waals surface area contributed by atoms with Gasteiger partial charge < -0.3 is 27.0 Å². The molecule has 29 heavy (non-hydrogen) atoms. The van der Waals surface area contributed by atoms with E-state index in [1.165, 1.54) is 17.8 Å². The summed E-state index contributed by atoms with van der Waals surface area (Å²) in [5.74, 6) is 0.405. The van der Waals surface area contributed by atoms with Crippen molar-refractivity contribution in [3.8, 4) is 11.3 Å². The first kappa shape index (κ1) is 25.4. The maximum atomic E-state index is 9.00. The Kier molecular flexibility index (Phi) is 11.2. The van der Waals surface area contributed by atoms with Crippen LogP contribution in [0.5, 0.6) is 0 Å². The van der Waals surface area contributed by atoms with Gasteiger partial charge in [-0.2, -0.15) is 0 Å². The van der Waals surface area contributed by atoms with Crippen LogP contribution in [0.4, 0.5) is 11.6 Å². The molecule has 0 atom stereocenters. The number of rotatable bonds is 5. The second-order valence-corrected chi connectivity index (χ2v) is 7.60. The Morgan fingerprint density at radius 3 is 2.34 bits per heavy atom. The molecule has 0 radical (unpaired) electrons. The van der Waals surface area contributed by atoms with Crippen molar-refractivity contribution in [2.24, 2.45) is 5.73 Å². The third kappa shape index (κ3) is 6.40. The van der Waals surface area contributed by atoms with Gasteiger partial charge in [0.1, 0.15) is 4.83 Å². The van der Waals surface area contributed by atoms with Gasteiger partial charge in [-0.3, -0.25) is 0 Å². The van der Waals surface area contributed by atoms with Crippen molar-refractivity contribution in [3.05, 3.63) is 33.1 Å². The van der Waals surface area contributed by atoms with Gasteiger partial charge in [0.25, 0.3) is 0 Å². The Balaban J connectivity index is 0.000000771. The Morgan fingerprint density at radius 1 is 1.14 bits per heavy atom. The highest BCUT2D eigenvalue weighted by atomic mass is 35.5. The summed E-state index contributed by atoms with van der Waals surface area (Å²) in [5, 5.41) is 20.6. The molecule has 0 unspecified atom stereocenters. The number of nitrogens with zero attached hydrogens (tertiary/aromatic N) is 2. The molecule has 3 rings (SSSR count). The molecule has 0 fully saturated rings. The number of thiophene rings is 1. The van der Waals surface area contributed by atoms with Crippen molar-refractivity contribution in [2.75, 3.05) is 31.3 Å². The molecule has 0 aliphatic heterocycles. The minimum atomic E-state index is -0.0237. The highest BCUT2D eigenvalue weighted by Crippen LogP contribution is 2.39. The van der Waals surface area contributed by atoms with E-state index in [9.17, 15) is 0 Å². The van der Waals surface area contributed by atoms with Crippen molar-refractivity contribution in [2.45, 2.75) is 26.8 Å². The maximum absolute atomic E-state index is 9.00. The normalized spacial score (nSPS) is 10.1. The molecule has 1 aromatic carbocycles. The summed E-state index contributed by atoms with van der Waals surface area (Å²) in [6.07, 6.45) is 1.25. The minimum absolute atomic E-state index is 0.0237. The summed E-state index contributed by atoms with van der Waals surface area (Å²) < 4.78 is 0. The number of aliphatic hydroxyl groups excluding tert-OH is 2. The van der Waals surface area contributed by atoms with Crippen LogP contribution in [-0.4, -0.2) is 40.4 Å². The molecule has 0 saturated carbocycles. The fraction of sp³-hybridized carbons (Fsp3) is 0.368. The van der Waals surface area contributed by atoms with Crippen LogP contribution in [0, 0.1) is 0 Å². The minimum Gasteiger partial charge on any atom is -0.400 e. The molecule has 7 nitrogen and oxygen atoms in total. The van der Waals surface area contributed by atoms with Crippen LogP contribution < -0.4 is 16.8 Å². The largest absolute Gasteiger partial charge is 0.400 e. The van der Waals surface area contributed by atoms with Gasteiger partial charge in [-0.15, -0.1) is 11.3 Å². The Morgan fingerprint density at radius 2 is 1.79 bits per heavy atom. The second-order valence-electron chi connectivity index (χ2n) is 5.71. The van der Waals surface area contributed by atoms with Crippen LogP contribution in [-0.2, 0) is 6.54 Å². The van der Waals surface area contributed by atoms with Gasteiger partial charge in [-0.05, 0) is 12.1 Å². The molecule has 160 valence electrons. The predicted octanol–water partition coefficient (Wildman–Crippen LogP) is 4.14. The van der Waals surface area contributed by atoms with E-state index in [2.05, 4.69) is 29.1 Å². The number of benzene rings is 1. The van der Waals surface area contributed by atoms with Gasteiger partial charge in [0.2, 0.25) is 5.95 Å². The fourth-order valence-electron chi connectivity index (χ4n) is 2.32. The standard InChI is InChI=1S/C15H15Cl2N5OS.C3H8.CH4O/c16-8-2-1-7(5-9(8)17)13-11-12(19)10(6-18)24-14(11)22-15(21-13)20-3-4-23;1-3-2;1-2/h1-2,5,23H,3-4,6,18-19H2,(H,20,21,22);3H2,1-2H3;2H,1H3. The lowest BCUT2D eigenvalue weighted by atomic mass is 10.1. The molecule has 0 aliphatic rings. The summed E-state index contributed by atoms with van der Waals surface area (Å²) in [5.41, 5.74) is 14.0. The van der Waals surface area contributed by atoms with Crippen molar-refractivity contribution < 1.29 is 10.2 Å². The average Bonchev–Trinajstić information content (AvgIpc) is 3.05. The van der Waals surface area contributed by atoms with Crippen molar-refractivity contribution >= 4 is 56.4 Å². The number of hydrogen-bond acceptors (Lipinski definition) is 8. The second kappa shape index (κ2) is 12.8. The Hall–Kier alpha value is -1.68. The predicted molar refractivity (Wildman–Crippen MR) is 125 cm³/mol. The van der Waals surface area contributed by atoms with Crippen LogP contribution >= 0.6 is 34.5 Å². The van der Waals surface area contributed by atoms with Gasteiger partial charge in [0, 0.05) is 30.6 Å². The first-order valence-corrected chi connectivity index (χ1v) is 10.6. The molecule has 10 heteroatoms. The SMILES string of the molecule is CCC.CO.NCc1sc2nc(NCCO)nc(-c3ccc(Cl)c(Cl)c3)c2c1N. The molecule has 2 aromatic heterocycles. The summed E-state index contributed by atoms with van der Waals surface area (Å²) >= 11 is 13.6. The van der Waals surface area contributed by atoms with Crippen LogP contribution in [0.25, 0.3) is 21.5 Å². The summed E-state index contributed by atoms with van der Waals surface area (Å²) in [6, 6.07) is 5.27. The van der Waals surface area contributed by atoms with Crippen LogP contribution in [0.15, 0.2) is 18.2 Å². The smallest absolute Gasteiger partial charge is 0.224 e. The fourth-order valence-corrected chi connectivity index (χ4v) is 3.59. The summed E-state index contributed by atoms with van der Waals surface area (Å²) in [7, 11) is 1.00. The van der Waals surface area contributed by atoms with Gasteiger partial charge in [0.05, 0.1) is 33.4 Å². The van der Waals surface area contributed by atoms with Gasteiger partial charge >= 0.3 is 0 Å². The van der Waals surface area contributed by atoms with E-state index in [1.54, 1.807) is 12.1 Å². The van der Waals surface area contributed by atoms with E-state index < -0.39 is 0 Å². The number of halogens is 2. The number of nitrogen functional groups attached to an aromatic ring is 1. The van der Waals surface area contributed by atoms with Gasteiger partial charge in [-0.1, -0.05) is 49.5 Å². The quantitative estimate of drug-likeness (QED) is 0.387. The van der Waals surface area contributed by atoms with Crippen molar-refractivity contribution in [1.29, 1.82) is 0 Å². The van der Waals surface area contributed by atoms with Crippen molar-refractivity contribution in [1.82, 2.24) is 9.97 Å². The third-order valence-corrected chi connectivity index (χ3v) is 5.30. The molecule has 2 heterocycles. The van der Waals surface area contributed by atoms with E-state index >= 15 is 0 Å². The number of nitrogens with two attached hydrogens (primary N) is 2. The maximum Gasteiger partial charge on any atom is 0.224 e. The van der Waals surface area contributed by atoms with Gasteiger partial charge in [-0.25, -0.2) is 9.97 Å². The van der Waals surface area contributed by atoms with Crippen LogP contribution in [0.3, 0.4) is 0 Å². The molecule has 7 N–H and O–H groups in total. The topological polar surface area (TPSA) is 130 Å². The molecule has 0 aliphatic carbocycles. The van der Waals surface area contributed by atoms with E-state index in [0.29, 0.717) is 40.5 Å². The lowest BCUT2D eigenvalue weighted by Gasteiger charge is -2.09. The van der Waals surface area contributed by atoms with E-state index in [0.717, 1.165) is 27.8 Å². The molecule has 3 aromatic rings. The summed E-state index contributed by atoms with van der Waals surface area (Å²) in [6.45, 7) is 4.90. The highest BCUT2D eigenvalue weighted by Gasteiger charge is 2.18. The lowest BCUT2D eigenvalue weighted by molar-refractivity contribution is 0.311. The zero-order chi connectivity index (χ0) is 22.0. The number of aliphatic hydroxyl groups is 2. The number of anilines is 2. The molecule has 0 spiro atoms. The van der Waals surface area contributed by atoms with E-state index in [1.807, 2.05) is 6.07 Å². The molecular formula is C19H27Cl2N5O2S. The van der Waals surface area contributed by atoms with Crippen LogP contribution in [0.2, 0.25) is 10.0 Å². The van der Waals surface area contributed by atoms with Crippen LogP contribution in [0.1, 0.15) is 25.1 Å². The summed E-state index contributed by atoms with van der Waals surface area (Å²) in [4.78, 5) is 10.6. The number of hydrogen-bond donors (Lipinski definition) is 5. The average molecular weight is 460 g/mol. The molecule has 0 saturated heterocycles. The molecule has 0 bridgehead atoms. The zero-order valence-electron chi connectivity index (χ0n) is 16.7. The third-order valence-electron chi connectivity index (χ3n) is 3.44. The molecular weight excluding hydrogens is 433 g/mol. The molecule has 0 amide bonds.